The molecule has 0 spiro atoms. The summed E-state index contributed by atoms with van der Waals surface area (Å²) in [7, 11) is 1.66. The summed E-state index contributed by atoms with van der Waals surface area (Å²) in [5.74, 6) is -0.547. The van der Waals surface area contributed by atoms with Gasteiger partial charge in [-0.2, -0.15) is 0 Å². The minimum atomic E-state index is -0.626. The van der Waals surface area contributed by atoms with Gasteiger partial charge >= 0.3 is 0 Å². The average molecular weight is 309 g/mol. The molecular weight excluding hydrogens is 282 g/mol. The number of likely N-dealkylation sites (N-methyl/N-ethyl adjacent to an activating group) is 1. The van der Waals surface area contributed by atoms with E-state index in [0.29, 0.717) is 11.3 Å². The van der Waals surface area contributed by atoms with Gasteiger partial charge in [0.05, 0.1) is 13.2 Å². The molecule has 0 aliphatic heterocycles. The van der Waals surface area contributed by atoms with Crippen LogP contribution in [0, 0.1) is 0 Å². The van der Waals surface area contributed by atoms with Crippen LogP contribution in [0.2, 0.25) is 0 Å². The highest BCUT2D eigenvalue weighted by atomic mass is 16.3. The molecule has 0 aliphatic rings. The van der Waals surface area contributed by atoms with Crippen LogP contribution in [0.25, 0.3) is 0 Å². The Kier molecular flexibility index (Phi) is 10.7. The first-order valence-electron chi connectivity index (χ1n) is 7.43. The summed E-state index contributed by atoms with van der Waals surface area (Å²) in [6.45, 7) is 5.94. The van der Waals surface area contributed by atoms with Crippen molar-refractivity contribution in [1.82, 2.24) is 10.6 Å². The standard InChI is InChI=1S/C13H19N3O3.C3H8/c1-9(15-12(18)7-14-2)13(19)16-11-5-3-4-10(6-11)8-17;1-3-2/h3-6,9,14,17H,7-8H2,1-2H3,(H,15,18)(H,16,19);3H2,1-2H3. The first-order valence-corrected chi connectivity index (χ1v) is 7.43. The largest absolute Gasteiger partial charge is 0.392 e. The number of benzene rings is 1. The number of aliphatic hydroxyl groups excluding tert-OH is 1. The van der Waals surface area contributed by atoms with E-state index in [4.69, 9.17) is 5.11 Å². The first-order chi connectivity index (χ1) is 10.5. The third kappa shape index (κ3) is 8.39. The Hall–Kier alpha value is -1.92. The Bertz CT molecular complexity index is 464. The van der Waals surface area contributed by atoms with Gasteiger partial charge in [-0.15, -0.1) is 0 Å². The quantitative estimate of drug-likeness (QED) is 0.637. The number of rotatable bonds is 6. The molecule has 124 valence electrons. The topological polar surface area (TPSA) is 90.5 Å². The molecule has 6 nitrogen and oxygen atoms in total. The van der Waals surface area contributed by atoms with Crippen molar-refractivity contribution in [2.24, 2.45) is 0 Å². The molecule has 0 heterocycles. The SMILES string of the molecule is CCC.CNCC(=O)NC(C)C(=O)Nc1cccc(CO)c1. The van der Waals surface area contributed by atoms with Gasteiger partial charge in [0.15, 0.2) is 0 Å². The number of aliphatic hydroxyl groups is 1. The van der Waals surface area contributed by atoms with E-state index in [9.17, 15) is 9.59 Å². The number of carbonyl (C=O) groups excluding carboxylic acids is 2. The maximum Gasteiger partial charge on any atom is 0.246 e. The molecule has 1 aromatic carbocycles. The van der Waals surface area contributed by atoms with E-state index < -0.39 is 6.04 Å². The fourth-order valence-electron chi connectivity index (χ4n) is 1.52. The molecule has 0 aliphatic carbocycles. The molecule has 0 saturated heterocycles. The molecule has 4 N–H and O–H groups in total. The Morgan fingerprint density at radius 3 is 2.45 bits per heavy atom. The Labute approximate surface area is 132 Å². The fraction of sp³-hybridized carbons (Fsp3) is 0.500. The van der Waals surface area contributed by atoms with Crippen molar-refractivity contribution >= 4 is 17.5 Å². The van der Waals surface area contributed by atoms with Crippen LogP contribution in [0.15, 0.2) is 24.3 Å². The van der Waals surface area contributed by atoms with Gasteiger partial charge in [0.25, 0.3) is 0 Å². The van der Waals surface area contributed by atoms with Gasteiger partial charge in [0.2, 0.25) is 11.8 Å². The van der Waals surface area contributed by atoms with E-state index in [-0.39, 0.29) is 25.0 Å². The maximum atomic E-state index is 11.8. The number of amides is 2. The molecule has 0 fully saturated rings. The number of hydrogen-bond donors (Lipinski definition) is 4. The van der Waals surface area contributed by atoms with E-state index in [1.54, 1.807) is 38.2 Å². The summed E-state index contributed by atoms with van der Waals surface area (Å²) < 4.78 is 0. The predicted molar refractivity (Wildman–Crippen MR) is 88.5 cm³/mol. The van der Waals surface area contributed by atoms with Gasteiger partial charge in [-0.25, -0.2) is 0 Å². The third-order valence-electron chi connectivity index (χ3n) is 2.49. The van der Waals surface area contributed by atoms with Crippen LogP contribution in [-0.2, 0) is 16.2 Å². The normalized spacial score (nSPS) is 11.0. The molecule has 6 heteroatoms. The van der Waals surface area contributed by atoms with Crippen LogP contribution < -0.4 is 16.0 Å². The average Bonchev–Trinajstić information content (AvgIpc) is 2.48. The van der Waals surface area contributed by atoms with Crippen molar-refractivity contribution in [3.8, 4) is 0 Å². The van der Waals surface area contributed by atoms with Gasteiger partial charge in [-0.3, -0.25) is 9.59 Å². The number of hydrogen-bond acceptors (Lipinski definition) is 4. The van der Waals surface area contributed by atoms with Crippen LogP contribution in [-0.4, -0.2) is 36.6 Å². The molecule has 0 aromatic heterocycles. The van der Waals surface area contributed by atoms with Crippen molar-refractivity contribution < 1.29 is 14.7 Å². The van der Waals surface area contributed by atoms with Crippen LogP contribution >= 0.6 is 0 Å². The zero-order valence-corrected chi connectivity index (χ0v) is 13.8. The van der Waals surface area contributed by atoms with E-state index in [1.807, 2.05) is 0 Å². The van der Waals surface area contributed by atoms with Gasteiger partial charge in [0, 0.05) is 5.69 Å². The van der Waals surface area contributed by atoms with Crippen molar-refractivity contribution in [1.29, 1.82) is 0 Å². The van der Waals surface area contributed by atoms with Crippen molar-refractivity contribution in [2.75, 3.05) is 18.9 Å². The highest BCUT2D eigenvalue weighted by molar-refractivity contribution is 5.97. The fourth-order valence-corrected chi connectivity index (χ4v) is 1.52. The Balaban J connectivity index is 0.00000135. The van der Waals surface area contributed by atoms with Gasteiger partial charge < -0.3 is 21.1 Å². The lowest BCUT2D eigenvalue weighted by atomic mass is 10.2. The van der Waals surface area contributed by atoms with Crippen LogP contribution in [0.3, 0.4) is 0 Å². The summed E-state index contributed by atoms with van der Waals surface area (Å²) in [4.78, 5) is 23.2. The molecule has 22 heavy (non-hydrogen) atoms. The van der Waals surface area contributed by atoms with Crippen molar-refractivity contribution in [3.05, 3.63) is 29.8 Å². The molecule has 0 saturated carbocycles. The molecule has 1 unspecified atom stereocenters. The lowest BCUT2D eigenvalue weighted by Crippen LogP contribution is -2.44. The van der Waals surface area contributed by atoms with Crippen molar-refractivity contribution in [2.45, 2.75) is 39.8 Å². The Morgan fingerprint density at radius 2 is 1.91 bits per heavy atom. The van der Waals surface area contributed by atoms with E-state index in [1.165, 1.54) is 6.42 Å². The number of nitrogens with one attached hydrogen (secondary N) is 3. The van der Waals surface area contributed by atoms with E-state index in [2.05, 4.69) is 29.8 Å². The van der Waals surface area contributed by atoms with Gasteiger partial charge in [-0.05, 0) is 31.7 Å². The molecular formula is C16H27N3O3. The van der Waals surface area contributed by atoms with E-state index >= 15 is 0 Å². The van der Waals surface area contributed by atoms with Crippen LogP contribution in [0.5, 0.6) is 0 Å². The first kappa shape index (κ1) is 20.1. The minimum Gasteiger partial charge on any atom is -0.392 e. The predicted octanol–water partition coefficient (Wildman–Crippen LogP) is 1.26. The Morgan fingerprint density at radius 1 is 1.27 bits per heavy atom. The highest BCUT2D eigenvalue weighted by Crippen LogP contribution is 2.10. The van der Waals surface area contributed by atoms with Crippen LogP contribution in [0.1, 0.15) is 32.8 Å². The molecule has 1 aromatic rings. The summed E-state index contributed by atoms with van der Waals surface area (Å²) >= 11 is 0. The van der Waals surface area contributed by atoms with Crippen LogP contribution in [0.4, 0.5) is 5.69 Å². The maximum absolute atomic E-state index is 11.8. The molecule has 0 radical (unpaired) electrons. The summed E-state index contributed by atoms with van der Waals surface area (Å²) in [6.07, 6.45) is 1.25. The number of anilines is 1. The summed E-state index contributed by atoms with van der Waals surface area (Å²) in [5.41, 5.74) is 1.30. The molecule has 1 rings (SSSR count). The van der Waals surface area contributed by atoms with Crippen molar-refractivity contribution in [3.63, 3.8) is 0 Å². The monoisotopic (exact) mass is 309 g/mol. The zero-order valence-electron chi connectivity index (χ0n) is 13.8. The van der Waals surface area contributed by atoms with Gasteiger partial charge in [0.1, 0.15) is 6.04 Å². The summed E-state index contributed by atoms with van der Waals surface area (Å²) in [5, 5.41) is 17.0. The lowest BCUT2D eigenvalue weighted by molar-refractivity contribution is -0.125. The third-order valence-corrected chi connectivity index (χ3v) is 2.49. The minimum absolute atomic E-state index is 0.0851. The molecule has 0 bridgehead atoms. The molecule has 1 atom stereocenters. The lowest BCUT2D eigenvalue weighted by Gasteiger charge is -2.14. The second kappa shape index (κ2) is 11.7. The zero-order chi connectivity index (χ0) is 17.0. The second-order valence-electron chi connectivity index (χ2n) is 4.87. The van der Waals surface area contributed by atoms with E-state index in [0.717, 1.165) is 0 Å². The highest BCUT2D eigenvalue weighted by Gasteiger charge is 2.15. The van der Waals surface area contributed by atoms with Gasteiger partial charge in [-0.1, -0.05) is 32.4 Å². The second-order valence-corrected chi connectivity index (χ2v) is 4.87. The number of carbonyl (C=O) groups is 2. The summed E-state index contributed by atoms with van der Waals surface area (Å²) in [6, 6.07) is 6.27. The smallest absolute Gasteiger partial charge is 0.246 e. The molecule has 2 amide bonds.